The molecule has 3 heteroatoms. The Labute approximate surface area is 61.2 Å². The Morgan fingerprint density at radius 2 is 1.88 bits per heavy atom. The zero-order valence-corrected chi connectivity index (χ0v) is 7.39. The molecular formula is C5H9Cl2P. The van der Waals surface area contributed by atoms with E-state index in [4.69, 9.17) is 22.5 Å². The van der Waals surface area contributed by atoms with Crippen LogP contribution in [0.15, 0.2) is 12.7 Å². The molecule has 0 saturated heterocycles. The third-order valence-corrected chi connectivity index (χ3v) is 4.60. The molecule has 0 bridgehead atoms. The smallest absolute Gasteiger partial charge is 0.0950 e. The number of halogens is 2. The average Bonchev–Trinajstić information content (AvgIpc) is 1.67. The highest BCUT2D eigenvalue weighted by Gasteiger charge is 2.21. The van der Waals surface area contributed by atoms with Crippen molar-refractivity contribution in [1.29, 1.82) is 0 Å². The largest absolute Gasteiger partial charge is 0.102 e. The minimum absolute atomic E-state index is 0.0988. The molecular weight excluding hydrogens is 162 g/mol. The maximum atomic E-state index is 5.63. The van der Waals surface area contributed by atoms with E-state index in [-0.39, 0.29) is 5.16 Å². The van der Waals surface area contributed by atoms with Gasteiger partial charge in [0.1, 0.15) is 0 Å². The lowest BCUT2D eigenvalue weighted by molar-refractivity contribution is 0.897. The summed E-state index contributed by atoms with van der Waals surface area (Å²) in [5.41, 5.74) is 0. The van der Waals surface area contributed by atoms with Crippen LogP contribution in [0.1, 0.15) is 13.8 Å². The summed E-state index contributed by atoms with van der Waals surface area (Å²) < 4.78 is 0. The van der Waals surface area contributed by atoms with Crippen molar-refractivity contribution in [2.45, 2.75) is 19.0 Å². The van der Waals surface area contributed by atoms with Gasteiger partial charge < -0.3 is 0 Å². The summed E-state index contributed by atoms with van der Waals surface area (Å²) in [6.07, 6.45) is 1.78. The van der Waals surface area contributed by atoms with E-state index in [0.29, 0.717) is 0 Å². The van der Waals surface area contributed by atoms with Gasteiger partial charge in [-0.05, 0) is 0 Å². The molecule has 0 spiro atoms. The van der Waals surface area contributed by atoms with Crippen molar-refractivity contribution in [1.82, 2.24) is 0 Å². The van der Waals surface area contributed by atoms with E-state index in [1.54, 1.807) is 6.08 Å². The second-order valence-corrected chi connectivity index (χ2v) is 6.26. The summed E-state index contributed by atoms with van der Waals surface area (Å²) in [5.74, 6) is 0. The Balaban J connectivity index is 3.90. The Kier molecular flexibility index (Phi) is 3.34. The quantitative estimate of drug-likeness (QED) is 0.438. The SMILES string of the molecule is C=CC(C)(C)P(Cl)Cl. The molecule has 0 atom stereocenters. The van der Waals surface area contributed by atoms with Crippen LogP contribution in [0, 0.1) is 0 Å². The maximum absolute atomic E-state index is 5.63. The lowest BCUT2D eigenvalue weighted by Gasteiger charge is -2.19. The third-order valence-electron chi connectivity index (χ3n) is 0.935. The predicted molar refractivity (Wildman–Crippen MR) is 42.9 cm³/mol. The summed E-state index contributed by atoms with van der Waals surface area (Å²) >= 11 is 11.3. The fourth-order valence-corrected chi connectivity index (χ4v) is 0.621. The van der Waals surface area contributed by atoms with Gasteiger partial charge in [-0.3, -0.25) is 0 Å². The Morgan fingerprint density at radius 1 is 1.50 bits per heavy atom. The van der Waals surface area contributed by atoms with Crippen molar-refractivity contribution in [2.75, 3.05) is 0 Å². The first-order valence-electron chi connectivity index (χ1n) is 2.26. The lowest BCUT2D eigenvalue weighted by atomic mass is 10.2. The first-order valence-corrected chi connectivity index (χ1v) is 5.41. The van der Waals surface area contributed by atoms with E-state index in [1.165, 1.54) is 0 Å². The first-order chi connectivity index (χ1) is 3.50. The highest BCUT2D eigenvalue weighted by Crippen LogP contribution is 2.58. The number of hydrogen-bond donors (Lipinski definition) is 0. The van der Waals surface area contributed by atoms with Crippen molar-refractivity contribution in [3.8, 4) is 0 Å². The number of allylic oxidation sites excluding steroid dienone is 1. The van der Waals surface area contributed by atoms with Crippen LogP contribution in [0.3, 0.4) is 0 Å². The van der Waals surface area contributed by atoms with Crippen LogP contribution in [-0.2, 0) is 0 Å². The van der Waals surface area contributed by atoms with Crippen LogP contribution in [0.2, 0.25) is 0 Å². The van der Waals surface area contributed by atoms with Crippen molar-refractivity contribution < 1.29 is 0 Å². The molecule has 0 unspecified atom stereocenters. The highest BCUT2D eigenvalue weighted by atomic mass is 35.9. The summed E-state index contributed by atoms with van der Waals surface area (Å²) in [7, 11) is 0. The van der Waals surface area contributed by atoms with Gasteiger partial charge in [0.25, 0.3) is 0 Å². The van der Waals surface area contributed by atoms with Gasteiger partial charge in [-0.2, -0.15) is 0 Å². The van der Waals surface area contributed by atoms with Gasteiger partial charge in [-0.25, -0.2) is 0 Å². The second-order valence-electron chi connectivity index (χ2n) is 2.09. The molecule has 0 aromatic heterocycles. The normalized spacial score (nSPS) is 12.1. The second kappa shape index (κ2) is 3.06. The highest BCUT2D eigenvalue weighted by molar-refractivity contribution is 8.05. The Bertz CT molecular complexity index is 88.4. The molecule has 0 N–H and O–H groups in total. The molecule has 0 rings (SSSR count). The third kappa shape index (κ3) is 2.35. The van der Waals surface area contributed by atoms with Crippen LogP contribution in [-0.4, -0.2) is 5.16 Å². The summed E-state index contributed by atoms with van der Waals surface area (Å²) in [6, 6.07) is 0. The topological polar surface area (TPSA) is 0 Å². The first kappa shape index (κ1) is 8.75. The Hall–Kier alpha value is 0.750. The molecule has 0 aromatic rings. The summed E-state index contributed by atoms with van der Waals surface area (Å²) in [4.78, 5) is 0. The standard InChI is InChI=1S/C5H9Cl2P/c1-4-5(2,3)8(6)7/h4H,1H2,2-3H3. The predicted octanol–water partition coefficient (Wildman–Crippen LogP) is 3.74. The zero-order valence-electron chi connectivity index (χ0n) is 4.99. The molecule has 0 heterocycles. The van der Waals surface area contributed by atoms with E-state index < -0.39 is 6.63 Å². The molecule has 0 aliphatic heterocycles. The van der Waals surface area contributed by atoms with Crippen LogP contribution in [0.25, 0.3) is 0 Å². The molecule has 0 saturated carbocycles. The molecule has 0 aliphatic rings. The summed E-state index contributed by atoms with van der Waals surface area (Å²) in [6.45, 7) is 6.61. The minimum Gasteiger partial charge on any atom is -0.102 e. The molecule has 0 nitrogen and oxygen atoms in total. The fourth-order valence-electron chi connectivity index (χ4n) is 0.0690. The van der Waals surface area contributed by atoms with Gasteiger partial charge >= 0.3 is 0 Å². The van der Waals surface area contributed by atoms with Gasteiger partial charge in [0.15, 0.2) is 0 Å². The fraction of sp³-hybridized carbons (Fsp3) is 0.600. The van der Waals surface area contributed by atoms with Crippen molar-refractivity contribution in [3.63, 3.8) is 0 Å². The van der Waals surface area contributed by atoms with Gasteiger partial charge in [0.2, 0.25) is 0 Å². The van der Waals surface area contributed by atoms with Gasteiger partial charge in [0, 0.05) is 5.16 Å². The minimum atomic E-state index is -0.917. The van der Waals surface area contributed by atoms with E-state index >= 15 is 0 Å². The van der Waals surface area contributed by atoms with E-state index in [9.17, 15) is 0 Å². The molecule has 0 amide bonds. The van der Waals surface area contributed by atoms with Gasteiger partial charge in [0.05, 0.1) is 6.63 Å². The van der Waals surface area contributed by atoms with Crippen LogP contribution >= 0.6 is 29.1 Å². The average molecular weight is 171 g/mol. The molecule has 8 heavy (non-hydrogen) atoms. The van der Waals surface area contributed by atoms with E-state index in [2.05, 4.69) is 6.58 Å². The molecule has 0 aliphatic carbocycles. The van der Waals surface area contributed by atoms with Crippen LogP contribution in [0.4, 0.5) is 0 Å². The molecule has 0 aromatic carbocycles. The monoisotopic (exact) mass is 170 g/mol. The van der Waals surface area contributed by atoms with E-state index in [1.807, 2.05) is 13.8 Å². The molecule has 0 fully saturated rings. The van der Waals surface area contributed by atoms with Gasteiger partial charge in [-0.15, -0.1) is 6.58 Å². The number of hydrogen-bond acceptors (Lipinski definition) is 0. The van der Waals surface area contributed by atoms with Crippen LogP contribution < -0.4 is 0 Å². The Morgan fingerprint density at radius 3 is 1.88 bits per heavy atom. The lowest BCUT2D eigenvalue weighted by Crippen LogP contribution is -2.06. The van der Waals surface area contributed by atoms with Crippen molar-refractivity contribution >= 4 is 29.1 Å². The molecule has 48 valence electrons. The zero-order chi connectivity index (χ0) is 6.78. The van der Waals surface area contributed by atoms with Crippen molar-refractivity contribution in [3.05, 3.63) is 12.7 Å². The maximum Gasteiger partial charge on any atom is 0.0950 e. The van der Waals surface area contributed by atoms with Crippen molar-refractivity contribution in [2.24, 2.45) is 0 Å². The molecule has 0 radical (unpaired) electrons. The summed E-state index contributed by atoms with van der Waals surface area (Å²) in [5, 5.41) is -0.0988. The van der Waals surface area contributed by atoms with E-state index in [0.717, 1.165) is 0 Å². The van der Waals surface area contributed by atoms with Crippen LogP contribution in [0.5, 0.6) is 0 Å². The van der Waals surface area contributed by atoms with Gasteiger partial charge in [-0.1, -0.05) is 42.4 Å². The number of rotatable bonds is 2.